The van der Waals surface area contributed by atoms with Gasteiger partial charge in [0, 0.05) is 25.7 Å². The van der Waals surface area contributed by atoms with Gasteiger partial charge in [-0.15, -0.1) is 0 Å². The van der Waals surface area contributed by atoms with Crippen LogP contribution in [0.3, 0.4) is 0 Å². The summed E-state index contributed by atoms with van der Waals surface area (Å²) in [6.07, 6.45) is 5.59. The van der Waals surface area contributed by atoms with Crippen molar-refractivity contribution in [2.75, 3.05) is 31.2 Å². The van der Waals surface area contributed by atoms with Gasteiger partial charge in [0.2, 0.25) is 0 Å². The highest BCUT2D eigenvalue weighted by atomic mass is 35.5. The highest BCUT2D eigenvalue weighted by Gasteiger charge is 2.12. The summed E-state index contributed by atoms with van der Waals surface area (Å²) in [5, 5.41) is 0.746. The van der Waals surface area contributed by atoms with Crippen LogP contribution in [0.4, 0.5) is 5.69 Å². The van der Waals surface area contributed by atoms with Crippen molar-refractivity contribution in [1.82, 2.24) is 4.98 Å². The first-order valence-corrected chi connectivity index (χ1v) is 4.99. The Balaban J connectivity index is 2.16. The smallest absolute Gasteiger partial charge is 0.0742 e. The number of nitrogens with zero attached hydrogens (tertiary/aromatic N) is 2. The van der Waals surface area contributed by atoms with E-state index in [4.69, 9.17) is 16.3 Å². The van der Waals surface area contributed by atoms with Crippen LogP contribution in [0.1, 0.15) is 0 Å². The molecule has 1 aromatic heterocycles. The van der Waals surface area contributed by atoms with Crippen LogP contribution in [0.2, 0.25) is 5.02 Å². The maximum Gasteiger partial charge on any atom is 0.0742 e. The molecule has 1 aliphatic rings. The third-order valence-corrected chi connectivity index (χ3v) is 2.50. The van der Waals surface area contributed by atoms with Crippen LogP contribution in [0.25, 0.3) is 0 Å². The lowest BCUT2D eigenvalue weighted by atomic mass is 10.3. The van der Waals surface area contributed by atoms with E-state index in [0.717, 1.165) is 30.4 Å². The zero-order valence-electron chi connectivity index (χ0n) is 7.82. The number of pyridine rings is 1. The fourth-order valence-corrected chi connectivity index (χ4v) is 1.69. The lowest BCUT2D eigenvalue weighted by Crippen LogP contribution is -2.26. The highest BCUT2D eigenvalue weighted by Crippen LogP contribution is 2.24. The Hall–Kier alpha value is -0.800. The number of anilines is 1. The topological polar surface area (TPSA) is 25.4 Å². The molecule has 0 saturated carbocycles. The van der Waals surface area contributed by atoms with Crippen molar-refractivity contribution < 1.29 is 4.74 Å². The molecule has 0 N–H and O–H groups in total. The average molecular weight is 212 g/mol. The van der Waals surface area contributed by atoms with E-state index >= 15 is 0 Å². The van der Waals surface area contributed by atoms with Gasteiger partial charge in [-0.25, -0.2) is 0 Å². The molecule has 75 valence electrons. The van der Waals surface area contributed by atoms with E-state index in [0.29, 0.717) is 6.61 Å². The number of hydrogen-bond acceptors (Lipinski definition) is 3. The van der Waals surface area contributed by atoms with Crippen molar-refractivity contribution in [3.63, 3.8) is 0 Å². The van der Waals surface area contributed by atoms with Crippen molar-refractivity contribution >= 4 is 17.3 Å². The molecule has 1 saturated heterocycles. The molecule has 0 spiro atoms. The molecular formula is C10H12ClN2O. The molecule has 2 rings (SSSR count). The molecule has 0 aliphatic carbocycles. The van der Waals surface area contributed by atoms with Crippen LogP contribution < -0.4 is 4.90 Å². The lowest BCUT2D eigenvalue weighted by Gasteiger charge is -2.22. The van der Waals surface area contributed by atoms with E-state index in [1.165, 1.54) is 0 Å². The van der Waals surface area contributed by atoms with Crippen molar-refractivity contribution in [3.05, 3.63) is 29.9 Å². The second-order valence-corrected chi connectivity index (χ2v) is 3.54. The van der Waals surface area contributed by atoms with Gasteiger partial charge in [0.15, 0.2) is 0 Å². The molecule has 1 fully saturated rings. The fourth-order valence-electron chi connectivity index (χ4n) is 1.46. The van der Waals surface area contributed by atoms with Crippen LogP contribution in [-0.2, 0) is 4.74 Å². The van der Waals surface area contributed by atoms with Gasteiger partial charge < -0.3 is 9.64 Å². The molecule has 0 unspecified atom stereocenters. The largest absolute Gasteiger partial charge is 0.379 e. The van der Waals surface area contributed by atoms with Gasteiger partial charge >= 0.3 is 0 Å². The highest BCUT2D eigenvalue weighted by molar-refractivity contribution is 6.33. The van der Waals surface area contributed by atoms with Crippen molar-refractivity contribution in [3.8, 4) is 0 Å². The molecule has 0 amide bonds. The Labute approximate surface area is 88.6 Å². The van der Waals surface area contributed by atoms with E-state index in [1.54, 1.807) is 12.4 Å². The lowest BCUT2D eigenvalue weighted by molar-refractivity contribution is 0.170. The first kappa shape index (κ1) is 9.74. The molecule has 0 bridgehead atoms. The number of aromatic nitrogens is 1. The maximum atomic E-state index is 6.07. The van der Waals surface area contributed by atoms with Gasteiger partial charge in [0.1, 0.15) is 0 Å². The number of hydrogen-bond donors (Lipinski definition) is 0. The van der Waals surface area contributed by atoms with Gasteiger partial charge in [-0.2, -0.15) is 0 Å². The van der Waals surface area contributed by atoms with Gasteiger partial charge in [0.25, 0.3) is 0 Å². The van der Waals surface area contributed by atoms with Crippen molar-refractivity contribution in [2.45, 2.75) is 0 Å². The summed E-state index contributed by atoms with van der Waals surface area (Å²) in [6.45, 7) is 3.18. The van der Waals surface area contributed by atoms with Crippen LogP contribution in [-0.4, -0.2) is 31.3 Å². The molecule has 0 aromatic carbocycles. The molecule has 4 heteroatoms. The predicted molar refractivity (Wildman–Crippen MR) is 56.6 cm³/mol. The summed E-state index contributed by atoms with van der Waals surface area (Å²) in [6, 6.07) is 1.81. The Bertz CT molecular complexity index is 298. The maximum absolute atomic E-state index is 6.07. The van der Waals surface area contributed by atoms with E-state index in [9.17, 15) is 0 Å². The molecular weight excluding hydrogens is 200 g/mol. The third-order valence-electron chi connectivity index (χ3n) is 2.18. The van der Waals surface area contributed by atoms with Crippen molar-refractivity contribution in [2.24, 2.45) is 0 Å². The second-order valence-electron chi connectivity index (χ2n) is 3.14. The van der Waals surface area contributed by atoms with Gasteiger partial charge in [-0.3, -0.25) is 4.98 Å². The van der Waals surface area contributed by atoms with Crippen LogP contribution in [0, 0.1) is 6.42 Å². The Kier molecular flexibility index (Phi) is 3.22. The summed E-state index contributed by atoms with van der Waals surface area (Å²) in [5.74, 6) is 0. The summed E-state index contributed by atoms with van der Waals surface area (Å²) in [4.78, 5) is 6.24. The minimum absolute atomic E-state index is 0.717. The van der Waals surface area contributed by atoms with E-state index in [1.807, 2.05) is 6.07 Å². The first-order valence-electron chi connectivity index (χ1n) is 4.62. The standard InChI is InChI=1S/C10H12ClN2O/c11-9-2-3-12-8-10(9)13-4-1-6-14-7-5-13/h1-3,8H,4-7H2. The Morgan fingerprint density at radius 2 is 2.43 bits per heavy atom. The minimum atomic E-state index is 0.717. The Morgan fingerprint density at radius 3 is 3.29 bits per heavy atom. The second kappa shape index (κ2) is 4.62. The molecule has 2 heterocycles. The van der Waals surface area contributed by atoms with E-state index < -0.39 is 0 Å². The van der Waals surface area contributed by atoms with Gasteiger partial charge in [-0.1, -0.05) is 11.6 Å². The zero-order valence-corrected chi connectivity index (χ0v) is 8.57. The van der Waals surface area contributed by atoms with E-state index in [2.05, 4.69) is 16.3 Å². The normalized spacial score (nSPS) is 17.9. The minimum Gasteiger partial charge on any atom is -0.379 e. The van der Waals surface area contributed by atoms with Crippen LogP contribution >= 0.6 is 11.6 Å². The number of rotatable bonds is 1. The molecule has 1 aromatic rings. The van der Waals surface area contributed by atoms with Crippen LogP contribution in [0.5, 0.6) is 0 Å². The zero-order chi connectivity index (χ0) is 9.80. The summed E-state index contributed by atoms with van der Waals surface area (Å²) >= 11 is 6.07. The fraction of sp³-hybridized carbons (Fsp3) is 0.400. The molecule has 0 atom stereocenters. The Morgan fingerprint density at radius 1 is 1.50 bits per heavy atom. The summed E-state index contributed by atoms with van der Waals surface area (Å²) in [7, 11) is 0. The quantitative estimate of drug-likeness (QED) is 0.708. The molecule has 1 radical (unpaired) electrons. The molecule has 1 aliphatic heterocycles. The van der Waals surface area contributed by atoms with Crippen molar-refractivity contribution in [1.29, 1.82) is 0 Å². The number of ether oxygens (including phenoxy) is 1. The molecule has 3 nitrogen and oxygen atoms in total. The van der Waals surface area contributed by atoms with E-state index in [-0.39, 0.29) is 0 Å². The predicted octanol–water partition coefficient (Wildman–Crippen LogP) is 1.78. The van der Waals surface area contributed by atoms with Gasteiger partial charge in [0.05, 0.1) is 30.1 Å². The van der Waals surface area contributed by atoms with Gasteiger partial charge in [-0.05, 0) is 6.07 Å². The SMILES string of the molecule is Clc1ccncc1N1C[CH]COCC1. The summed E-state index contributed by atoms with van der Waals surface area (Å²) in [5.41, 5.74) is 0.982. The molecule has 14 heavy (non-hydrogen) atoms. The first-order chi connectivity index (χ1) is 6.88. The van der Waals surface area contributed by atoms with Crippen LogP contribution in [0.15, 0.2) is 18.5 Å². The third kappa shape index (κ3) is 2.16. The monoisotopic (exact) mass is 211 g/mol. The summed E-state index contributed by atoms with van der Waals surface area (Å²) < 4.78 is 5.33. The number of halogens is 1. The average Bonchev–Trinajstić information content (AvgIpc) is 2.47.